The first-order chi connectivity index (χ1) is 17.2. The third kappa shape index (κ3) is 7.39. The summed E-state index contributed by atoms with van der Waals surface area (Å²) in [5.74, 6) is 2.99. The van der Waals surface area contributed by atoms with Gasteiger partial charge < -0.3 is 20.1 Å². The minimum absolute atomic E-state index is 0.0847. The molecular weight excluding hydrogens is 454 g/mol. The van der Waals surface area contributed by atoms with Crippen LogP contribution in [0.3, 0.4) is 0 Å². The number of nitrogens with one attached hydrogen (secondary N) is 1. The molecule has 3 aliphatic rings. The molecule has 0 unspecified atom stereocenters. The smallest absolute Gasteiger partial charge is 0.223 e. The van der Waals surface area contributed by atoms with Crippen LogP contribution < -0.4 is 10.2 Å². The zero-order valence-electron chi connectivity index (χ0n) is 22.8. The Morgan fingerprint density at radius 3 is 2.44 bits per heavy atom. The number of anilines is 1. The molecule has 1 aromatic heterocycles. The number of rotatable bonds is 9. The number of aromatic nitrogens is 2. The van der Waals surface area contributed by atoms with Gasteiger partial charge >= 0.3 is 0 Å². The van der Waals surface area contributed by atoms with Crippen molar-refractivity contribution in [2.45, 2.75) is 89.7 Å². The molecule has 2 N–H and O–H groups in total. The molecule has 0 spiro atoms. The summed E-state index contributed by atoms with van der Waals surface area (Å²) in [6.45, 7) is 12.4. The first kappa shape index (κ1) is 27.3. The Morgan fingerprint density at radius 2 is 1.81 bits per heavy atom. The molecule has 3 fully saturated rings. The predicted molar refractivity (Wildman–Crippen MR) is 142 cm³/mol. The lowest BCUT2D eigenvalue weighted by Gasteiger charge is -2.40. The van der Waals surface area contributed by atoms with Crippen molar-refractivity contribution in [2.24, 2.45) is 11.8 Å². The van der Waals surface area contributed by atoms with Gasteiger partial charge in [0.05, 0.1) is 12.7 Å². The largest absolute Gasteiger partial charge is 0.393 e. The molecule has 1 aliphatic heterocycles. The highest BCUT2D eigenvalue weighted by Gasteiger charge is 2.33. The van der Waals surface area contributed by atoms with Gasteiger partial charge in [-0.05, 0) is 57.4 Å². The van der Waals surface area contributed by atoms with E-state index in [0.29, 0.717) is 12.6 Å². The second kappa shape index (κ2) is 12.2. The van der Waals surface area contributed by atoms with Crippen molar-refractivity contribution in [1.29, 1.82) is 0 Å². The van der Waals surface area contributed by atoms with Gasteiger partial charge in [-0.15, -0.1) is 0 Å². The molecule has 0 aromatic carbocycles. The third-order valence-corrected chi connectivity index (χ3v) is 8.20. The van der Waals surface area contributed by atoms with Crippen LogP contribution in [0.25, 0.3) is 0 Å². The zero-order valence-corrected chi connectivity index (χ0v) is 22.8. The van der Waals surface area contributed by atoms with E-state index in [-0.39, 0.29) is 23.3 Å². The van der Waals surface area contributed by atoms with E-state index in [4.69, 9.17) is 14.7 Å². The Bertz CT molecular complexity index is 851. The average molecular weight is 502 g/mol. The normalized spacial score (nSPS) is 27.5. The third-order valence-electron chi connectivity index (χ3n) is 8.20. The van der Waals surface area contributed by atoms with Gasteiger partial charge in [-0.2, -0.15) is 0 Å². The molecular formula is C28H47N5O3. The van der Waals surface area contributed by atoms with Crippen LogP contribution in [0.15, 0.2) is 6.07 Å². The van der Waals surface area contributed by atoms with Crippen molar-refractivity contribution in [2.75, 3.05) is 51.3 Å². The fourth-order valence-electron chi connectivity index (χ4n) is 5.63. The number of hydrogen-bond acceptors (Lipinski definition) is 7. The topological polar surface area (TPSA) is 90.8 Å². The summed E-state index contributed by atoms with van der Waals surface area (Å²) in [5, 5.41) is 12.9. The average Bonchev–Trinajstić information content (AvgIpc) is 2.84. The summed E-state index contributed by atoms with van der Waals surface area (Å²) >= 11 is 0. The molecule has 202 valence electrons. The lowest BCUT2D eigenvalue weighted by atomic mass is 9.77. The SMILES string of the molecule is COCCc1cc(N2CCN(CC[C@H]3C[C@H](NC(=O)[C@H]4CC[C@@H](O)CC4)C3)CC2)nc(C(C)(C)C)n1. The van der Waals surface area contributed by atoms with Gasteiger partial charge in [0.1, 0.15) is 11.6 Å². The highest BCUT2D eigenvalue weighted by molar-refractivity contribution is 5.79. The number of ether oxygens (including phenoxy) is 1. The van der Waals surface area contributed by atoms with Gasteiger partial charge in [0, 0.05) is 68.8 Å². The molecule has 0 atom stereocenters. The van der Waals surface area contributed by atoms with Crippen molar-refractivity contribution in [3.8, 4) is 0 Å². The number of aliphatic hydroxyl groups is 1. The molecule has 2 saturated carbocycles. The van der Waals surface area contributed by atoms with Crippen LogP contribution >= 0.6 is 0 Å². The Balaban J connectivity index is 1.18. The first-order valence-corrected chi connectivity index (χ1v) is 14.0. The van der Waals surface area contributed by atoms with Crippen LogP contribution in [-0.2, 0) is 21.4 Å². The zero-order chi connectivity index (χ0) is 25.7. The van der Waals surface area contributed by atoms with Crippen LogP contribution in [-0.4, -0.2) is 84.5 Å². The molecule has 8 heteroatoms. The van der Waals surface area contributed by atoms with Crippen molar-refractivity contribution in [3.63, 3.8) is 0 Å². The summed E-state index contributed by atoms with van der Waals surface area (Å²) in [4.78, 5) is 27.2. The van der Waals surface area contributed by atoms with Crippen LogP contribution in [0.4, 0.5) is 5.82 Å². The molecule has 0 bridgehead atoms. The quantitative estimate of drug-likeness (QED) is 0.538. The van der Waals surface area contributed by atoms with Crippen LogP contribution in [0.1, 0.15) is 77.2 Å². The van der Waals surface area contributed by atoms with Gasteiger partial charge in [-0.3, -0.25) is 9.69 Å². The van der Waals surface area contributed by atoms with E-state index in [2.05, 4.69) is 42.0 Å². The van der Waals surface area contributed by atoms with Crippen molar-refractivity contribution < 1.29 is 14.6 Å². The summed E-state index contributed by atoms with van der Waals surface area (Å²) in [6, 6.07) is 2.50. The fourth-order valence-corrected chi connectivity index (χ4v) is 5.63. The Kier molecular flexibility index (Phi) is 9.23. The number of hydrogen-bond donors (Lipinski definition) is 2. The van der Waals surface area contributed by atoms with Crippen molar-refractivity contribution in [1.82, 2.24) is 20.2 Å². The predicted octanol–water partition coefficient (Wildman–Crippen LogP) is 2.92. The number of piperazine rings is 1. The lowest BCUT2D eigenvalue weighted by molar-refractivity contribution is -0.128. The van der Waals surface area contributed by atoms with Crippen molar-refractivity contribution in [3.05, 3.63) is 17.6 Å². The van der Waals surface area contributed by atoms with Gasteiger partial charge in [-0.25, -0.2) is 9.97 Å². The van der Waals surface area contributed by atoms with E-state index < -0.39 is 0 Å². The molecule has 0 radical (unpaired) electrons. The summed E-state index contributed by atoms with van der Waals surface area (Å²) < 4.78 is 5.28. The Morgan fingerprint density at radius 1 is 1.11 bits per heavy atom. The fraction of sp³-hybridized carbons (Fsp3) is 0.821. The highest BCUT2D eigenvalue weighted by Crippen LogP contribution is 2.32. The van der Waals surface area contributed by atoms with E-state index in [1.807, 2.05) is 0 Å². The van der Waals surface area contributed by atoms with E-state index in [1.165, 1.54) is 6.42 Å². The van der Waals surface area contributed by atoms with E-state index in [0.717, 1.165) is 101 Å². The molecule has 2 aliphatic carbocycles. The van der Waals surface area contributed by atoms with E-state index in [1.54, 1.807) is 7.11 Å². The number of carbonyl (C=O) groups excluding carboxylic acids is 1. The molecule has 1 saturated heterocycles. The maximum Gasteiger partial charge on any atom is 0.223 e. The van der Waals surface area contributed by atoms with Gasteiger partial charge in [0.25, 0.3) is 0 Å². The number of carbonyl (C=O) groups is 1. The highest BCUT2D eigenvalue weighted by atomic mass is 16.5. The van der Waals surface area contributed by atoms with Crippen molar-refractivity contribution >= 4 is 11.7 Å². The first-order valence-electron chi connectivity index (χ1n) is 14.0. The Hall–Kier alpha value is -1.77. The minimum atomic E-state index is -0.204. The lowest BCUT2D eigenvalue weighted by Crippen LogP contribution is -2.49. The molecule has 36 heavy (non-hydrogen) atoms. The summed E-state index contributed by atoms with van der Waals surface area (Å²) in [6.07, 6.45) is 7.23. The molecule has 1 amide bonds. The molecule has 8 nitrogen and oxygen atoms in total. The van der Waals surface area contributed by atoms with Crippen LogP contribution in [0.5, 0.6) is 0 Å². The van der Waals surface area contributed by atoms with Gasteiger partial charge in [0.2, 0.25) is 5.91 Å². The summed E-state index contributed by atoms with van der Waals surface area (Å²) in [5.41, 5.74) is 0.973. The molecule has 1 aromatic rings. The monoisotopic (exact) mass is 501 g/mol. The molecule has 2 heterocycles. The maximum absolute atomic E-state index is 12.5. The Labute approximate surface area is 217 Å². The number of methoxy groups -OCH3 is 1. The van der Waals surface area contributed by atoms with Gasteiger partial charge in [0.15, 0.2) is 0 Å². The van der Waals surface area contributed by atoms with E-state index in [9.17, 15) is 9.90 Å². The minimum Gasteiger partial charge on any atom is -0.393 e. The molecule has 4 rings (SSSR count). The second-order valence-corrected chi connectivity index (χ2v) is 12.2. The number of aliphatic hydroxyl groups excluding tert-OH is 1. The van der Waals surface area contributed by atoms with Crippen LogP contribution in [0.2, 0.25) is 0 Å². The maximum atomic E-state index is 12.5. The summed E-state index contributed by atoms with van der Waals surface area (Å²) in [7, 11) is 1.73. The second-order valence-electron chi connectivity index (χ2n) is 12.2. The van der Waals surface area contributed by atoms with E-state index >= 15 is 0 Å². The number of nitrogens with zero attached hydrogens (tertiary/aromatic N) is 4. The van der Waals surface area contributed by atoms with Gasteiger partial charge in [-0.1, -0.05) is 20.8 Å². The van der Waals surface area contributed by atoms with Crippen LogP contribution in [0, 0.1) is 11.8 Å². The standard InChI is InChI=1S/C28H47N5O3/c1-28(2,3)27-30-22(10-16-36-4)19-25(31-27)33-14-12-32(13-15-33)11-9-20-17-23(18-20)29-26(35)21-5-7-24(34)8-6-21/h19-21,23-24,34H,5-18H2,1-4H3,(H,29,35)/t20-,21-,23-,24+. The number of amides is 1.